The second-order valence-corrected chi connectivity index (χ2v) is 1.49. The Kier molecular flexibility index (Phi) is 1.26. The Morgan fingerprint density at radius 3 is 2.88 bits per heavy atom. The molecule has 0 fully saturated rings. The van der Waals surface area contributed by atoms with Crippen LogP contribution < -0.4 is 0 Å². The lowest BCUT2D eigenvalue weighted by Crippen LogP contribution is -1.95. The van der Waals surface area contributed by atoms with Crippen LogP contribution in [0.5, 0.6) is 0 Å². The zero-order chi connectivity index (χ0) is 5.98. The minimum atomic E-state index is 0.222. The van der Waals surface area contributed by atoms with Crippen LogP contribution in [0.3, 0.4) is 0 Å². The molecule has 0 aliphatic carbocycles. The van der Waals surface area contributed by atoms with Gasteiger partial charge in [-0.1, -0.05) is 16.8 Å². The molecular formula is C3H2ClN3O. The Morgan fingerprint density at radius 1 is 1.88 bits per heavy atom. The van der Waals surface area contributed by atoms with E-state index in [2.05, 4.69) is 10.3 Å². The first-order valence-corrected chi connectivity index (χ1v) is 2.23. The summed E-state index contributed by atoms with van der Waals surface area (Å²) < 4.78 is 0.932. The van der Waals surface area contributed by atoms with Gasteiger partial charge in [0.15, 0.2) is 5.15 Å². The SMILES string of the molecule is O=Cn1nncc1Cl. The van der Waals surface area contributed by atoms with Crippen molar-refractivity contribution in [2.75, 3.05) is 0 Å². The van der Waals surface area contributed by atoms with Crippen LogP contribution >= 0.6 is 11.6 Å². The van der Waals surface area contributed by atoms with E-state index in [9.17, 15) is 4.79 Å². The molecule has 1 heterocycles. The summed E-state index contributed by atoms with van der Waals surface area (Å²) in [5.74, 6) is 0. The van der Waals surface area contributed by atoms with Gasteiger partial charge in [0.05, 0.1) is 6.20 Å². The van der Waals surface area contributed by atoms with Gasteiger partial charge in [0, 0.05) is 0 Å². The third-order valence-electron chi connectivity index (χ3n) is 0.631. The lowest BCUT2D eigenvalue weighted by molar-refractivity contribution is 0.538. The molecule has 0 aromatic carbocycles. The molecule has 5 heteroatoms. The van der Waals surface area contributed by atoms with Crippen LogP contribution in [0.4, 0.5) is 0 Å². The largest absolute Gasteiger partial charge is 0.276 e. The zero-order valence-electron chi connectivity index (χ0n) is 3.78. The number of carbonyl (C=O) groups is 1. The molecule has 0 bridgehead atoms. The van der Waals surface area contributed by atoms with Gasteiger partial charge in [-0.15, -0.1) is 5.10 Å². The molecule has 0 amide bonds. The summed E-state index contributed by atoms with van der Waals surface area (Å²) in [4.78, 5) is 9.86. The quantitative estimate of drug-likeness (QED) is 0.503. The van der Waals surface area contributed by atoms with Gasteiger partial charge in [0.1, 0.15) is 0 Å². The van der Waals surface area contributed by atoms with E-state index in [-0.39, 0.29) is 5.15 Å². The van der Waals surface area contributed by atoms with E-state index in [1.807, 2.05) is 0 Å². The fourth-order valence-corrected chi connectivity index (χ4v) is 0.420. The molecule has 0 aliphatic rings. The fourth-order valence-electron chi connectivity index (χ4n) is 0.302. The van der Waals surface area contributed by atoms with E-state index in [1.54, 1.807) is 0 Å². The van der Waals surface area contributed by atoms with Crippen LogP contribution in [0.1, 0.15) is 0 Å². The van der Waals surface area contributed by atoms with Crippen LogP contribution in [0.2, 0.25) is 5.15 Å². The van der Waals surface area contributed by atoms with Crippen LogP contribution in [-0.4, -0.2) is 21.4 Å². The second-order valence-electron chi connectivity index (χ2n) is 1.11. The molecule has 0 aliphatic heterocycles. The number of rotatable bonds is 1. The predicted octanol–water partition coefficient (Wildman–Crippen LogP) is -0.0302. The van der Waals surface area contributed by atoms with Gasteiger partial charge in [0.2, 0.25) is 6.41 Å². The minimum Gasteiger partial charge on any atom is -0.276 e. The summed E-state index contributed by atoms with van der Waals surface area (Å²) in [6.07, 6.45) is 1.77. The molecule has 42 valence electrons. The summed E-state index contributed by atoms with van der Waals surface area (Å²) in [5.41, 5.74) is 0. The average molecular weight is 132 g/mol. The molecule has 0 spiro atoms. The van der Waals surface area contributed by atoms with Crippen molar-refractivity contribution >= 4 is 18.0 Å². The molecule has 4 nitrogen and oxygen atoms in total. The third kappa shape index (κ3) is 0.696. The van der Waals surface area contributed by atoms with E-state index in [4.69, 9.17) is 11.6 Å². The Hall–Kier alpha value is -0.900. The third-order valence-corrected chi connectivity index (χ3v) is 0.902. The first-order chi connectivity index (χ1) is 3.84. The molecule has 0 saturated carbocycles. The minimum absolute atomic E-state index is 0.222. The molecule has 8 heavy (non-hydrogen) atoms. The van der Waals surface area contributed by atoms with Gasteiger partial charge < -0.3 is 0 Å². The molecule has 1 rings (SSSR count). The van der Waals surface area contributed by atoms with E-state index < -0.39 is 0 Å². The number of carbonyl (C=O) groups excluding carboxylic acids is 1. The van der Waals surface area contributed by atoms with Gasteiger partial charge in [-0.05, 0) is 0 Å². The molecule has 0 saturated heterocycles. The second kappa shape index (κ2) is 1.92. The normalized spacial score (nSPS) is 9.12. The van der Waals surface area contributed by atoms with Crippen molar-refractivity contribution in [3.05, 3.63) is 11.3 Å². The maximum atomic E-state index is 9.86. The molecule has 0 radical (unpaired) electrons. The summed E-state index contributed by atoms with van der Waals surface area (Å²) in [6.45, 7) is 0. The number of nitrogens with zero attached hydrogens (tertiary/aromatic N) is 3. The van der Waals surface area contributed by atoms with Crippen molar-refractivity contribution in [3.63, 3.8) is 0 Å². The monoisotopic (exact) mass is 131 g/mol. The van der Waals surface area contributed by atoms with Gasteiger partial charge in [0.25, 0.3) is 0 Å². The Morgan fingerprint density at radius 2 is 2.62 bits per heavy atom. The molecule has 0 atom stereocenters. The van der Waals surface area contributed by atoms with Crippen LogP contribution in [0.15, 0.2) is 6.20 Å². The number of halogens is 1. The average Bonchev–Trinajstić information content (AvgIpc) is 2.14. The van der Waals surface area contributed by atoms with Crippen molar-refractivity contribution in [1.29, 1.82) is 0 Å². The highest BCUT2D eigenvalue weighted by Gasteiger charge is 1.93. The van der Waals surface area contributed by atoms with Crippen molar-refractivity contribution in [2.24, 2.45) is 0 Å². The summed E-state index contributed by atoms with van der Waals surface area (Å²) in [7, 11) is 0. The van der Waals surface area contributed by atoms with E-state index in [1.165, 1.54) is 6.20 Å². The molecule has 1 aromatic heterocycles. The maximum absolute atomic E-state index is 9.86. The van der Waals surface area contributed by atoms with Gasteiger partial charge in [-0.3, -0.25) is 4.79 Å². The predicted molar refractivity (Wildman–Crippen MR) is 27.2 cm³/mol. The first-order valence-electron chi connectivity index (χ1n) is 1.85. The number of hydrogen-bond acceptors (Lipinski definition) is 3. The summed E-state index contributed by atoms with van der Waals surface area (Å²) >= 11 is 5.35. The van der Waals surface area contributed by atoms with Crippen LogP contribution in [0.25, 0.3) is 0 Å². The Bertz CT molecular complexity index is 196. The highest BCUT2D eigenvalue weighted by Crippen LogP contribution is 1.99. The van der Waals surface area contributed by atoms with E-state index in [0.717, 1.165) is 4.68 Å². The number of aromatic nitrogens is 3. The van der Waals surface area contributed by atoms with E-state index in [0.29, 0.717) is 6.41 Å². The molecule has 0 unspecified atom stereocenters. The van der Waals surface area contributed by atoms with Crippen molar-refractivity contribution in [1.82, 2.24) is 15.0 Å². The lowest BCUT2D eigenvalue weighted by Gasteiger charge is -1.80. The van der Waals surface area contributed by atoms with Gasteiger partial charge in [-0.25, -0.2) is 0 Å². The topological polar surface area (TPSA) is 47.8 Å². The molecule has 1 aromatic rings. The molecule has 0 N–H and O–H groups in total. The highest BCUT2D eigenvalue weighted by molar-refractivity contribution is 6.29. The van der Waals surface area contributed by atoms with Crippen LogP contribution in [-0.2, 0) is 4.79 Å². The Labute approximate surface area is 50.1 Å². The summed E-state index contributed by atoms with van der Waals surface area (Å²) in [5, 5.41) is 6.87. The van der Waals surface area contributed by atoms with Gasteiger partial charge in [-0.2, -0.15) is 4.68 Å². The first kappa shape index (κ1) is 5.24. The maximum Gasteiger partial charge on any atom is 0.236 e. The van der Waals surface area contributed by atoms with Crippen molar-refractivity contribution in [2.45, 2.75) is 0 Å². The van der Waals surface area contributed by atoms with Crippen molar-refractivity contribution < 1.29 is 4.79 Å². The highest BCUT2D eigenvalue weighted by atomic mass is 35.5. The van der Waals surface area contributed by atoms with Gasteiger partial charge >= 0.3 is 0 Å². The Balaban J connectivity index is 3.09. The van der Waals surface area contributed by atoms with Crippen LogP contribution in [0, 0.1) is 0 Å². The lowest BCUT2D eigenvalue weighted by atomic mass is 10.9. The smallest absolute Gasteiger partial charge is 0.236 e. The van der Waals surface area contributed by atoms with E-state index >= 15 is 0 Å². The summed E-state index contributed by atoms with van der Waals surface area (Å²) in [6, 6.07) is 0. The fraction of sp³-hybridized carbons (Fsp3) is 0. The number of hydrogen-bond donors (Lipinski definition) is 0. The molecular weight excluding hydrogens is 130 g/mol. The standard InChI is InChI=1S/C3H2ClN3O/c4-3-1-5-6-7(3)2-8/h1-2H. The van der Waals surface area contributed by atoms with Crippen molar-refractivity contribution in [3.8, 4) is 0 Å². The zero-order valence-corrected chi connectivity index (χ0v) is 4.54.